The Kier molecular flexibility index (Phi) is 19.0. The smallest absolute Gasteiger partial charge is 0.0167 e. The summed E-state index contributed by atoms with van der Waals surface area (Å²) in [6.07, 6.45) is 13.3. The Bertz CT molecular complexity index is 178. The zero-order valence-electron chi connectivity index (χ0n) is 16.7. The maximum Gasteiger partial charge on any atom is -0.0167 e. The van der Waals surface area contributed by atoms with Crippen LogP contribution in [0.5, 0.6) is 0 Å². The Morgan fingerprint density at radius 1 is 0.545 bits per heavy atom. The SMILES string of the molecule is CC1CCC(C)CC1.CC1CCCC(C)CC1.CNC.C[NH-]. The van der Waals surface area contributed by atoms with Gasteiger partial charge in [-0.25, -0.2) is 0 Å². The van der Waals surface area contributed by atoms with Gasteiger partial charge < -0.3 is 11.1 Å². The average molecular weight is 314 g/mol. The summed E-state index contributed by atoms with van der Waals surface area (Å²) in [6, 6.07) is 0. The van der Waals surface area contributed by atoms with Crippen molar-refractivity contribution >= 4 is 0 Å². The summed E-state index contributed by atoms with van der Waals surface area (Å²) >= 11 is 0. The third-order valence-corrected chi connectivity index (χ3v) is 4.85. The normalized spacial score (nSPS) is 31.1. The van der Waals surface area contributed by atoms with Crippen LogP contribution in [0.4, 0.5) is 0 Å². The molecule has 0 amide bonds. The number of hydrogen-bond donors (Lipinski definition) is 1. The molecule has 0 spiro atoms. The van der Waals surface area contributed by atoms with E-state index < -0.39 is 0 Å². The van der Waals surface area contributed by atoms with E-state index in [4.69, 9.17) is 5.73 Å². The van der Waals surface area contributed by atoms with Crippen LogP contribution >= 0.6 is 0 Å². The highest BCUT2D eigenvalue weighted by molar-refractivity contribution is 4.66. The van der Waals surface area contributed by atoms with Gasteiger partial charge in [0.2, 0.25) is 0 Å². The van der Waals surface area contributed by atoms with Crippen molar-refractivity contribution in [2.45, 2.75) is 85.5 Å². The van der Waals surface area contributed by atoms with Crippen molar-refractivity contribution < 1.29 is 0 Å². The van der Waals surface area contributed by atoms with E-state index in [1.807, 2.05) is 14.1 Å². The largest absolute Gasteiger partial charge is 0.680 e. The maximum atomic E-state index is 5.75. The standard InChI is InChI=1S/C9H18.C8H16.C2H7N.CH4N/c1-8-4-3-5-9(2)7-6-8;1-7-3-5-8(2)6-4-7;1-3-2;1-2/h8-9H,3-7H2,1-2H3;7-8H,3-6H2,1-2H3;3H,1-2H3;2H,1H3/q;;;-1. The summed E-state index contributed by atoms with van der Waals surface area (Å²) in [4.78, 5) is 0. The minimum atomic E-state index is 1.01. The van der Waals surface area contributed by atoms with Crippen LogP contribution in [-0.2, 0) is 0 Å². The highest BCUT2D eigenvalue weighted by atomic mass is 14.7. The highest BCUT2D eigenvalue weighted by Gasteiger charge is 2.13. The quantitative estimate of drug-likeness (QED) is 0.505. The van der Waals surface area contributed by atoms with Gasteiger partial charge in [0.15, 0.2) is 0 Å². The molecule has 0 heterocycles. The molecule has 136 valence electrons. The molecule has 0 bridgehead atoms. The Morgan fingerprint density at radius 3 is 0.955 bits per heavy atom. The van der Waals surface area contributed by atoms with Gasteiger partial charge in [0.1, 0.15) is 0 Å². The molecule has 2 fully saturated rings. The number of rotatable bonds is 0. The van der Waals surface area contributed by atoms with Gasteiger partial charge in [0, 0.05) is 0 Å². The fourth-order valence-electron chi connectivity index (χ4n) is 3.10. The lowest BCUT2D eigenvalue weighted by atomic mass is 9.84. The molecule has 2 heteroatoms. The second-order valence-corrected chi connectivity index (χ2v) is 7.58. The zero-order chi connectivity index (χ0) is 17.4. The van der Waals surface area contributed by atoms with Gasteiger partial charge in [-0.05, 0) is 37.8 Å². The molecule has 0 aromatic carbocycles. The fourth-order valence-corrected chi connectivity index (χ4v) is 3.10. The summed E-state index contributed by atoms with van der Waals surface area (Å²) in [5, 5.41) is 2.75. The number of hydrogen-bond acceptors (Lipinski definition) is 1. The monoisotopic (exact) mass is 313 g/mol. The lowest BCUT2D eigenvalue weighted by Gasteiger charge is -2.22. The van der Waals surface area contributed by atoms with E-state index in [2.05, 4.69) is 33.0 Å². The first-order valence-corrected chi connectivity index (χ1v) is 9.58. The average Bonchev–Trinajstić information content (AvgIpc) is 2.70. The van der Waals surface area contributed by atoms with Gasteiger partial charge in [-0.15, -0.1) is 0 Å². The predicted molar refractivity (Wildman–Crippen MR) is 103 cm³/mol. The Labute approximate surface area is 142 Å². The molecule has 22 heavy (non-hydrogen) atoms. The summed E-state index contributed by atoms with van der Waals surface area (Å²) in [7, 11) is 5.00. The van der Waals surface area contributed by atoms with Crippen LogP contribution in [0.3, 0.4) is 0 Å². The van der Waals surface area contributed by atoms with Gasteiger partial charge >= 0.3 is 0 Å². The van der Waals surface area contributed by atoms with Crippen LogP contribution in [-0.4, -0.2) is 21.1 Å². The zero-order valence-corrected chi connectivity index (χ0v) is 16.7. The minimum absolute atomic E-state index is 1.01. The third kappa shape index (κ3) is 16.3. The molecule has 0 aliphatic heterocycles. The van der Waals surface area contributed by atoms with Gasteiger partial charge in [-0.2, -0.15) is 7.05 Å². The van der Waals surface area contributed by atoms with Gasteiger partial charge in [0.05, 0.1) is 0 Å². The van der Waals surface area contributed by atoms with E-state index >= 15 is 0 Å². The molecule has 0 saturated heterocycles. The van der Waals surface area contributed by atoms with Crippen LogP contribution < -0.4 is 5.32 Å². The topological polar surface area (TPSA) is 35.8 Å². The van der Waals surface area contributed by atoms with E-state index in [-0.39, 0.29) is 0 Å². The Balaban J connectivity index is 0. The van der Waals surface area contributed by atoms with Crippen LogP contribution in [0, 0.1) is 23.7 Å². The van der Waals surface area contributed by atoms with Crippen molar-refractivity contribution in [2.24, 2.45) is 23.7 Å². The van der Waals surface area contributed by atoms with E-state index in [0.717, 1.165) is 23.7 Å². The summed E-state index contributed by atoms with van der Waals surface area (Å²) in [5.41, 5.74) is 5.75. The van der Waals surface area contributed by atoms with E-state index in [1.165, 1.54) is 64.8 Å². The summed E-state index contributed by atoms with van der Waals surface area (Å²) in [5.74, 6) is 4.06. The second kappa shape index (κ2) is 17.3. The van der Waals surface area contributed by atoms with Crippen molar-refractivity contribution in [3.63, 3.8) is 0 Å². The fraction of sp³-hybridized carbons (Fsp3) is 1.00. The van der Waals surface area contributed by atoms with Gasteiger partial charge in [-0.3, -0.25) is 0 Å². The Hall–Kier alpha value is -0.0800. The van der Waals surface area contributed by atoms with Gasteiger partial charge in [0.25, 0.3) is 0 Å². The van der Waals surface area contributed by atoms with Crippen LogP contribution in [0.2, 0.25) is 0 Å². The molecule has 0 aromatic heterocycles. The van der Waals surface area contributed by atoms with Crippen molar-refractivity contribution in [1.29, 1.82) is 0 Å². The molecule has 2 nitrogen and oxygen atoms in total. The van der Waals surface area contributed by atoms with Crippen LogP contribution in [0.25, 0.3) is 5.73 Å². The predicted octanol–water partition coefficient (Wildman–Crippen LogP) is 6.56. The van der Waals surface area contributed by atoms with Crippen molar-refractivity contribution in [1.82, 2.24) is 5.32 Å². The van der Waals surface area contributed by atoms with Crippen LogP contribution in [0.15, 0.2) is 0 Å². The molecule has 2 rings (SSSR count). The molecule has 0 radical (unpaired) electrons. The number of nitrogens with one attached hydrogen (secondary N) is 2. The van der Waals surface area contributed by atoms with Crippen molar-refractivity contribution in [3.05, 3.63) is 5.73 Å². The van der Waals surface area contributed by atoms with Crippen LogP contribution in [0.1, 0.15) is 85.5 Å². The second-order valence-electron chi connectivity index (χ2n) is 7.58. The molecular weight excluding hydrogens is 268 g/mol. The highest BCUT2D eigenvalue weighted by Crippen LogP contribution is 2.27. The van der Waals surface area contributed by atoms with E-state index in [0.29, 0.717) is 0 Å². The first-order chi connectivity index (χ1) is 10.5. The first kappa shape index (κ1) is 24.2. The maximum absolute atomic E-state index is 5.75. The molecule has 2 N–H and O–H groups in total. The summed E-state index contributed by atoms with van der Waals surface area (Å²) in [6.45, 7) is 9.51. The van der Waals surface area contributed by atoms with Crippen molar-refractivity contribution in [3.8, 4) is 0 Å². The van der Waals surface area contributed by atoms with Crippen molar-refractivity contribution in [2.75, 3.05) is 21.1 Å². The van der Waals surface area contributed by atoms with Gasteiger partial charge in [-0.1, -0.05) is 85.5 Å². The molecule has 0 aromatic rings. The molecule has 2 aliphatic rings. The molecule has 2 atom stereocenters. The summed E-state index contributed by atoms with van der Waals surface area (Å²) < 4.78 is 0. The van der Waals surface area contributed by atoms with E-state index in [9.17, 15) is 0 Å². The lowest BCUT2D eigenvalue weighted by Crippen LogP contribution is -2.08. The lowest BCUT2D eigenvalue weighted by molar-refractivity contribution is 0.308. The first-order valence-electron chi connectivity index (χ1n) is 9.58. The molecule has 2 aliphatic carbocycles. The molecule has 2 unspecified atom stereocenters. The minimum Gasteiger partial charge on any atom is -0.680 e. The Morgan fingerprint density at radius 2 is 0.727 bits per heavy atom. The van der Waals surface area contributed by atoms with E-state index in [1.54, 1.807) is 0 Å². The molecular formula is C20H45N2-. The molecule has 2 saturated carbocycles. The third-order valence-electron chi connectivity index (χ3n) is 4.85.